The Kier molecular flexibility index (Phi) is 3.07. The summed E-state index contributed by atoms with van der Waals surface area (Å²) in [6, 6.07) is 7.45. The van der Waals surface area contributed by atoms with Gasteiger partial charge in [0.15, 0.2) is 5.78 Å². The number of Topliss-reactive ketones (excluding diaryl/α,β-unsaturated/α-hetero) is 1. The van der Waals surface area contributed by atoms with E-state index in [-0.39, 0.29) is 5.78 Å². The molecule has 1 fully saturated rings. The second-order valence-corrected chi connectivity index (χ2v) is 4.04. The van der Waals surface area contributed by atoms with Gasteiger partial charge in [-0.15, -0.1) is 0 Å². The van der Waals surface area contributed by atoms with E-state index in [1.807, 2.05) is 24.3 Å². The van der Waals surface area contributed by atoms with Crippen molar-refractivity contribution in [3.63, 3.8) is 0 Å². The highest BCUT2D eigenvalue weighted by molar-refractivity contribution is 6.30. The predicted molar refractivity (Wildman–Crippen MR) is 62.0 cm³/mol. The molecule has 0 atom stereocenters. The lowest BCUT2D eigenvalue weighted by molar-refractivity contribution is -0.114. The number of carbonyl (C=O) groups excluding carboxylic acids is 1. The highest BCUT2D eigenvalue weighted by Crippen LogP contribution is 2.21. The van der Waals surface area contributed by atoms with Crippen LogP contribution in [-0.2, 0) is 4.79 Å². The number of carbonyl (C=O) groups is 1. The maximum Gasteiger partial charge on any atom is 0.160 e. The second kappa shape index (κ2) is 4.49. The van der Waals surface area contributed by atoms with E-state index in [0.717, 1.165) is 24.1 Å². The molecule has 0 heterocycles. The molecule has 1 N–H and O–H groups in total. The second-order valence-electron chi connectivity index (χ2n) is 3.60. The maximum absolute atomic E-state index is 11.3. The van der Waals surface area contributed by atoms with Gasteiger partial charge in [0.1, 0.15) is 0 Å². The van der Waals surface area contributed by atoms with Crippen LogP contribution in [0.5, 0.6) is 0 Å². The molecule has 2 nitrogen and oxygen atoms in total. The summed E-state index contributed by atoms with van der Waals surface area (Å²) in [4.78, 5) is 11.3. The van der Waals surface area contributed by atoms with Crippen LogP contribution in [0, 0.1) is 0 Å². The highest BCUT2D eigenvalue weighted by Gasteiger charge is 2.16. The summed E-state index contributed by atoms with van der Waals surface area (Å²) in [6.45, 7) is 0. The summed E-state index contributed by atoms with van der Waals surface area (Å²) in [5, 5.41) is 3.78. The topological polar surface area (TPSA) is 29.1 Å². The first-order chi connectivity index (χ1) is 7.25. The van der Waals surface area contributed by atoms with Crippen LogP contribution < -0.4 is 5.32 Å². The molecule has 0 saturated heterocycles. The molecule has 3 heteroatoms. The zero-order valence-corrected chi connectivity index (χ0v) is 9.05. The lowest BCUT2D eigenvalue weighted by Crippen LogP contribution is -1.96. The van der Waals surface area contributed by atoms with Crippen molar-refractivity contribution in [3.05, 3.63) is 41.1 Å². The van der Waals surface area contributed by atoms with Crippen LogP contribution in [0.25, 0.3) is 0 Å². The van der Waals surface area contributed by atoms with Crippen LogP contribution in [0.3, 0.4) is 0 Å². The molecule has 1 aromatic rings. The number of anilines is 1. The van der Waals surface area contributed by atoms with Crippen molar-refractivity contribution in [1.82, 2.24) is 0 Å². The Bertz CT molecular complexity index is 412. The summed E-state index contributed by atoms with van der Waals surface area (Å²) in [6.07, 6.45) is 4.33. The number of rotatable bonds is 2. The van der Waals surface area contributed by atoms with E-state index in [2.05, 4.69) is 5.32 Å². The van der Waals surface area contributed by atoms with E-state index in [9.17, 15) is 4.79 Å². The van der Waals surface area contributed by atoms with Crippen molar-refractivity contribution in [1.29, 1.82) is 0 Å². The Morgan fingerprint density at radius 2 is 2.20 bits per heavy atom. The standard InChI is InChI=1S/C12H12ClNO/c13-10-4-2-5-11(7-10)14-8-9-3-1-6-12(9)15/h2,4-5,7-8,14H,1,3,6H2. The summed E-state index contributed by atoms with van der Waals surface area (Å²) in [5.41, 5.74) is 1.80. The Balaban J connectivity index is 2.06. The third kappa shape index (κ3) is 2.60. The smallest absolute Gasteiger partial charge is 0.160 e. The fraction of sp³-hybridized carbons (Fsp3) is 0.250. The van der Waals surface area contributed by atoms with Crippen molar-refractivity contribution >= 4 is 23.1 Å². The van der Waals surface area contributed by atoms with E-state index < -0.39 is 0 Å². The van der Waals surface area contributed by atoms with Gasteiger partial charge in [-0.3, -0.25) is 4.79 Å². The van der Waals surface area contributed by atoms with Crippen molar-refractivity contribution < 1.29 is 4.79 Å². The SMILES string of the molecule is O=C1CCCC1=CNc1cccc(Cl)c1. The molecule has 0 aromatic heterocycles. The molecule has 0 unspecified atom stereocenters. The van der Waals surface area contributed by atoms with Gasteiger partial charge in [0.05, 0.1) is 0 Å². The molecule has 78 valence electrons. The van der Waals surface area contributed by atoms with Crippen LogP contribution in [0.2, 0.25) is 5.02 Å². The summed E-state index contributed by atoms with van der Waals surface area (Å²) in [5.74, 6) is 0.254. The van der Waals surface area contributed by atoms with Gasteiger partial charge in [0.25, 0.3) is 0 Å². The third-order valence-electron chi connectivity index (χ3n) is 2.45. The van der Waals surface area contributed by atoms with E-state index in [1.54, 1.807) is 6.20 Å². The molecule has 0 radical (unpaired) electrons. The number of allylic oxidation sites excluding steroid dienone is 1. The normalized spacial score (nSPS) is 18.5. The minimum atomic E-state index is 0.254. The quantitative estimate of drug-likeness (QED) is 0.776. The fourth-order valence-electron chi connectivity index (χ4n) is 1.64. The zero-order valence-electron chi connectivity index (χ0n) is 8.29. The first kappa shape index (κ1) is 10.2. The van der Waals surface area contributed by atoms with Crippen LogP contribution >= 0.6 is 11.6 Å². The maximum atomic E-state index is 11.3. The molecule has 1 aromatic carbocycles. The lowest BCUT2D eigenvalue weighted by atomic mass is 10.2. The molecule has 1 saturated carbocycles. The summed E-state index contributed by atoms with van der Waals surface area (Å²) < 4.78 is 0. The molecule has 15 heavy (non-hydrogen) atoms. The molecule has 0 amide bonds. The highest BCUT2D eigenvalue weighted by atomic mass is 35.5. The minimum Gasteiger partial charge on any atom is -0.361 e. The van der Waals surface area contributed by atoms with Crippen LogP contribution in [0.1, 0.15) is 19.3 Å². The Labute approximate surface area is 93.9 Å². The number of hydrogen-bond donors (Lipinski definition) is 1. The van der Waals surface area contributed by atoms with Gasteiger partial charge >= 0.3 is 0 Å². The van der Waals surface area contributed by atoms with Gasteiger partial charge in [-0.2, -0.15) is 0 Å². The van der Waals surface area contributed by atoms with Gasteiger partial charge < -0.3 is 5.32 Å². The molecular formula is C12H12ClNO. The van der Waals surface area contributed by atoms with Crippen LogP contribution in [0.4, 0.5) is 5.69 Å². The van der Waals surface area contributed by atoms with Crippen LogP contribution in [-0.4, -0.2) is 5.78 Å². The van der Waals surface area contributed by atoms with Gasteiger partial charge in [-0.1, -0.05) is 17.7 Å². The first-order valence-electron chi connectivity index (χ1n) is 5.00. The van der Waals surface area contributed by atoms with E-state index in [4.69, 9.17) is 11.6 Å². The number of nitrogens with one attached hydrogen (secondary N) is 1. The van der Waals surface area contributed by atoms with E-state index in [1.165, 1.54) is 0 Å². The molecule has 0 spiro atoms. The van der Waals surface area contributed by atoms with Gasteiger partial charge in [-0.05, 0) is 31.0 Å². The predicted octanol–water partition coefficient (Wildman–Crippen LogP) is 3.39. The summed E-state index contributed by atoms with van der Waals surface area (Å²) in [7, 11) is 0. The van der Waals surface area contributed by atoms with Gasteiger partial charge in [-0.25, -0.2) is 0 Å². The third-order valence-corrected chi connectivity index (χ3v) is 2.68. The molecule has 0 aliphatic heterocycles. The minimum absolute atomic E-state index is 0.254. The Hall–Kier alpha value is -1.28. The molecule has 2 rings (SSSR count). The monoisotopic (exact) mass is 221 g/mol. The number of benzene rings is 1. The Morgan fingerprint density at radius 1 is 1.33 bits per heavy atom. The number of hydrogen-bond acceptors (Lipinski definition) is 2. The molecule has 0 bridgehead atoms. The molecule has 1 aliphatic carbocycles. The number of halogens is 1. The largest absolute Gasteiger partial charge is 0.361 e. The lowest BCUT2D eigenvalue weighted by Gasteiger charge is -2.02. The van der Waals surface area contributed by atoms with E-state index >= 15 is 0 Å². The fourth-order valence-corrected chi connectivity index (χ4v) is 1.83. The average Bonchev–Trinajstić information content (AvgIpc) is 2.61. The van der Waals surface area contributed by atoms with Gasteiger partial charge in [0, 0.05) is 28.9 Å². The number of ketones is 1. The van der Waals surface area contributed by atoms with Crippen LogP contribution in [0.15, 0.2) is 36.0 Å². The summed E-state index contributed by atoms with van der Waals surface area (Å²) >= 11 is 5.84. The van der Waals surface area contributed by atoms with Crippen molar-refractivity contribution in [2.45, 2.75) is 19.3 Å². The molecule has 1 aliphatic rings. The van der Waals surface area contributed by atoms with E-state index in [0.29, 0.717) is 11.4 Å². The van der Waals surface area contributed by atoms with Gasteiger partial charge in [0.2, 0.25) is 0 Å². The van der Waals surface area contributed by atoms with Crippen molar-refractivity contribution in [2.75, 3.05) is 5.32 Å². The first-order valence-corrected chi connectivity index (χ1v) is 5.38. The zero-order chi connectivity index (χ0) is 10.7. The van der Waals surface area contributed by atoms with Crippen molar-refractivity contribution in [2.24, 2.45) is 0 Å². The Morgan fingerprint density at radius 3 is 2.87 bits per heavy atom. The van der Waals surface area contributed by atoms with Crippen molar-refractivity contribution in [3.8, 4) is 0 Å². The average molecular weight is 222 g/mol. The molecular weight excluding hydrogens is 210 g/mol.